The molecule has 1 aliphatic heterocycles. The van der Waals surface area contributed by atoms with Crippen LogP contribution in [-0.4, -0.2) is 20.8 Å². The fourth-order valence-electron chi connectivity index (χ4n) is 3.31. The molecule has 2 heterocycles. The summed E-state index contributed by atoms with van der Waals surface area (Å²) < 4.78 is 0. The summed E-state index contributed by atoms with van der Waals surface area (Å²) in [5.74, 6) is 1.29. The number of carbonyl (C=O) groups excluding carboxylic acids is 1. The maximum atomic E-state index is 12.3. The van der Waals surface area contributed by atoms with Gasteiger partial charge in [0.15, 0.2) is 0 Å². The smallest absolute Gasteiger partial charge is 0.223 e. The Morgan fingerprint density at radius 1 is 1.30 bits per heavy atom. The fraction of sp³-hybridized carbons (Fsp3) is 0.667. The molecule has 5 nitrogen and oxygen atoms in total. The summed E-state index contributed by atoms with van der Waals surface area (Å²) in [6, 6.07) is 0. The molecular formula is C15H22N4O. The highest BCUT2D eigenvalue weighted by Gasteiger charge is 2.25. The van der Waals surface area contributed by atoms with Crippen molar-refractivity contribution in [3.8, 4) is 0 Å². The summed E-state index contributed by atoms with van der Waals surface area (Å²) >= 11 is 0. The maximum absolute atomic E-state index is 12.3. The van der Waals surface area contributed by atoms with Gasteiger partial charge in [0, 0.05) is 24.7 Å². The van der Waals surface area contributed by atoms with Crippen molar-refractivity contribution in [1.82, 2.24) is 14.9 Å². The Morgan fingerprint density at radius 3 is 2.90 bits per heavy atom. The summed E-state index contributed by atoms with van der Waals surface area (Å²) in [5.41, 5.74) is 7.52. The molecule has 1 aliphatic carbocycles. The number of hydrogen-bond acceptors (Lipinski definition) is 4. The van der Waals surface area contributed by atoms with Gasteiger partial charge in [0.1, 0.15) is 0 Å². The maximum Gasteiger partial charge on any atom is 0.223 e. The van der Waals surface area contributed by atoms with Crippen LogP contribution in [0.1, 0.15) is 56.2 Å². The molecule has 3 rings (SSSR count). The molecule has 0 radical (unpaired) electrons. The topological polar surface area (TPSA) is 72.1 Å². The summed E-state index contributed by atoms with van der Waals surface area (Å²) in [7, 11) is 0. The van der Waals surface area contributed by atoms with Crippen LogP contribution in [0.15, 0.2) is 6.20 Å². The Labute approximate surface area is 119 Å². The van der Waals surface area contributed by atoms with Crippen LogP contribution in [-0.2, 0) is 17.9 Å². The van der Waals surface area contributed by atoms with Gasteiger partial charge in [-0.25, -0.2) is 9.97 Å². The molecule has 20 heavy (non-hydrogen) atoms. The van der Waals surface area contributed by atoms with E-state index in [1.54, 1.807) is 6.20 Å². The summed E-state index contributed by atoms with van der Waals surface area (Å²) in [6.45, 7) is 1.23. The second-order valence-corrected chi connectivity index (χ2v) is 5.99. The second-order valence-electron chi connectivity index (χ2n) is 5.99. The molecule has 0 saturated heterocycles. The van der Waals surface area contributed by atoms with E-state index in [4.69, 9.17) is 5.73 Å². The van der Waals surface area contributed by atoms with Gasteiger partial charge in [-0.1, -0.05) is 32.1 Å². The Balaban J connectivity index is 1.52. The van der Waals surface area contributed by atoms with E-state index >= 15 is 0 Å². The minimum atomic E-state index is 0.243. The molecule has 0 spiro atoms. The van der Waals surface area contributed by atoms with Gasteiger partial charge in [0.05, 0.1) is 12.2 Å². The third kappa shape index (κ3) is 2.92. The number of rotatable bonds is 3. The Bertz CT molecular complexity index is 497. The zero-order valence-corrected chi connectivity index (χ0v) is 11.8. The lowest BCUT2D eigenvalue weighted by Gasteiger charge is -2.22. The van der Waals surface area contributed by atoms with Gasteiger partial charge in [-0.05, 0) is 12.3 Å². The molecule has 0 unspecified atom stereocenters. The van der Waals surface area contributed by atoms with Crippen LogP contribution in [0.5, 0.6) is 0 Å². The molecule has 2 aliphatic rings. The molecule has 0 aromatic carbocycles. The predicted molar refractivity (Wildman–Crippen MR) is 76.5 cm³/mol. The molecule has 5 heteroatoms. The first-order valence-electron chi connectivity index (χ1n) is 7.60. The minimum Gasteiger partial charge on any atom is -0.368 e. The first kappa shape index (κ1) is 13.3. The average Bonchev–Trinajstić information content (AvgIpc) is 2.89. The van der Waals surface area contributed by atoms with Crippen LogP contribution in [0, 0.1) is 5.92 Å². The summed E-state index contributed by atoms with van der Waals surface area (Å²) in [6.07, 6.45) is 10.1. The van der Waals surface area contributed by atoms with Crippen LogP contribution in [0.3, 0.4) is 0 Å². The van der Waals surface area contributed by atoms with E-state index in [0.717, 1.165) is 23.6 Å². The van der Waals surface area contributed by atoms with Gasteiger partial charge in [-0.3, -0.25) is 4.79 Å². The highest BCUT2D eigenvalue weighted by Crippen LogP contribution is 2.28. The van der Waals surface area contributed by atoms with Crippen molar-refractivity contribution in [2.75, 3.05) is 5.73 Å². The van der Waals surface area contributed by atoms with Crippen molar-refractivity contribution < 1.29 is 4.79 Å². The number of anilines is 1. The first-order valence-corrected chi connectivity index (χ1v) is 7.60. The number of fused-ring (bicyclic) bond motifs is 1. The van der Waals surface area contributed by atoms with Crippen molar-refractivity contribution in [2.24, 2.45) is 5.92 Å². The number of aromatic nitrogens is 2. The van der Waals surface area contributed by atoms with Gasteiger partial charge in [-0.15, -0.1) is 0 Å². The van der Waals surface area contributed by atoms with Crippen LogP contribution >= 0.6 is 0 Å². The summed E-state index contributed by atoms with van der Waals surface area (Å²) in [5, 5.41) is 0. The lowest BCUT2D eigenvalue weighted by atomic mass is 9.86. The number of nitrogens with two attached hydrogens (primary N) is 1. The lowest BCUT2D eigenvalue weighted by Crippen LogP contribution is -2.26. The number of nitrogens with zero attached hydrogens (tertiary/aromatic N) is 3. The van der Waals surface area contributed by atoms with Crippen LogP contribution in [0.4, 0.5) is 5.95 Å². The Hall–Kier alpha value is -1.65. The van der Waals surface area contributed by atoms with E-state index in [1.165, 1.54) is 32.1 Å². The number of nitrogen functional groups attached to an aromatic ring is 1. The van der Waals surface area contributed by atoms with Gasteiger partial charge in [0.25, 0.3) is 0 Å². The number of carbonyl (C=O) groups is 1. The van der Waals surface area contributed by atoms with E-state index < -0.39 is 0 Å². The van der Waals surface area contributed by atoms with E-state index in [1.807, 2.05) is 4.90 Å². The molecule has 1 saturated carbocycles. The highest BCUT2D eigenvalue weighted by atomic mass is 16.2. The monoisotopic (exact) mass is 274 g/mol. The minimum absolute atomic E-state index is 0.243. The highest BCUT2D eigenvalue weighted by molar-refractivity contribution is 5.76. The SMILES string of the molecule is Nc1ncc2c(n1)CN(C(=O)CCC1CCCCC1)C2. The van der Waals surface area contributed by atoms with Crippen molar-refractivity contribution in [3.63, 3.8) is 0 Å². The normalized spacial score (nSPS) is 19.1. The Morgan fingerprint density at radius 2 is 2.10 bits per heavy atom. The first-order chi connectivity index (χ1) is 9.72. The van der Waals surface area contributed by atoms with Crippen molar-refractivity contribution in [3.05, 3.63) is 17.5 Å². The van der Waals surface area contributed by atoms with E-state index in [0.29, 0.717) is 25.5 Å². The van der Waals surface area contributed by atoms with Crippen LogP contribution in [0.25, 0.3) is 0 Å². The van der Waals surface area contributed by atoms with Gasteiger partial charge in [-0.2, -0.15) is 0 Å². The fourth-order valence-corrected chi connectivity index (χ4v) is 3.31. The quantitative estimate of drug-likeness (QED) is 0.917. The van der Waals surface area contributed by atoms with Gasteiger partial charge >= 0.3 is 0 Å². The third-order valence-electron chi connectivity index (χ3n) is 4.52. The molecular weight excluding hydrogens is 252 g/mol. The van der Waals surface area contributed by atoms with E-state index in [2.05, 4.69) is 9.97 Å². The van der Waals surface area contributed by atoms with Gasteiger partial charge < -0.3 is 10.6 Å². The van der Waals surface area contributed by atoms with E-state index in [9.17, 15) is 4.79 Å². The van der Waals surface area contributed by atoms with E-state index in [-0.39, 0.29) is 5.91 Å². The Kier molecular flexibility index (Phi) is 3.85. The second kappa shape index (κ2) is 5.77. The molecule has 0 atom stereocenters. The molecule has 108 valence electrons. The third-order valence-corrected chi connectivity index (χ3v) is 4.52. The van der Waals surface area contributed by atoms with Crippen LogP contribution < -0.4 is 5.73 Å². The summed E-state index contributed by atoms with van der Waals surface area (Å²) in [4.78, 5) is 22.4. The molecule has 1 fully saturated rings. The van der Waals surface area contributed by atoms with Crippen molar-refractivity contribution in [1.29, 1.82) is 0 Å². The molecule has 1 aromatic rings. The van der Waals surface area contributed by atoms with Crippen molar-refractivity contribution in [2.45, 2.75) is 58.0 Å². The zero-order valence-electron chi connectivity index (χ0n) is 11.8. The zero-order chi connectivity index (χ0) is 13.9. The predicted octanol–water partition coefficient (Wildman–Crippen LogP) is 2.26. The standard InChI is InChI=1S/C15H22N4O/c16-15-17-8-12-9-19(10-13(12)18-15)14(20)7-6-11-4-2-1-3-5-11/h8,11H,1-7,9-10H2,(H2,16,17,18). The molecule has 2 N–H and O–H groups in total. The largest absolute Gasteiger partial charge is 0.368 e. The lowest BCUT2D eigenvalue weighted by molar-refractivity contribution is -0.132. The molecule has 1 amide bonds. The van der Waals surface area contributed by atoms with Gasteiger partial charge in [0.2, 0.25) is 11.9 Å². The number of hydrogen-bond donors (Lipinski definition) is 1. The molecule has 0 bridgehead atoms. The average molecular weight is 274 g/mol. The van der Waals surface area contributed by atoms with Crippen LogP contribution in [0.2, 0.25) is 0 Å². The van der Waals surface area contributed by atoms with Crippen molar-refractivity contribution >= 4 is 11.9 Å². The molecule has 1 aromatic heterocycles. The number of amides is 1.